The summed E-state index contributed by atoms with van der Waals surface area (Å²) in [4.78, 5) is 27.1. The average Bonchev–Trinajstić information content (AvgIpc) is 3.45. The van der Waals surface area contributed by atoms with Gasteiger partial charge in [0.2, 0.25) is 11.8 Å². The van der Waals surface area contributed by atoms with Gasteiger partial charge in [0, 0.05) is 23.8 Å². The second-order valence-corrected chi connectivity index (χ2v) is 7.59. The van der Waals surface area contributed by atoms with Crippen LogP contribution < -0.4 is 5.32 Å². The number of fused-ring (bicyclic) bond motifs is 1. The number of rotatable bonds is 3. The molecule has 0 bridgehead atoms. The molecule has 1 saturated carbocycles. The van der Waals surface area contributed by atoms with Gasteiger partial charge in [0.25, 0.3) is 0 Å². The third kappa shape index (κ3) is 3.34. The maximum absolute atomic E-state index is 12.8. The van der Waals surface area contributed by atoms with Crippen molar-refractivity contribution in [1.82, 2.24) is 4.90 Å². The highest BCUT2D eigenvalue weighted by Crippen LogP contribution is 2.41. The van der Waals surface area contributed by atoms with Crippen LogP contribution in [-0.4, -0.2) is 23.3 Å². The smallest absolute Gasteiger partial charge is 0.228 e. The molecule has 0 spiro atoms. The van der Waals surface area contributed by atoms with E-state index in [9.17, 15) is 9.59 Å². The highest BCUT2D eigenvalue weighted by Gasteiger charge is 2.49. The first-order valence-electron chi connectivity index (χ1n) is 8.95. The molecule has 26 heavy (non-hydrogen) atoms. The van der Waals surface area contributed by atoms with Crippen molar-refractivity contribution < 1.29 is 9.59 Å². The number of hydrogen-bond acceptors (Lipinski definition) is 2. The fourth-order valence-corrected chi connectivity index (χ4v) is 3.76. The van der Waals surface area contributed by atoms with Crippen LogP contribution in [0.15, 0.2) is 42.5 Å². The lowest BCUT2D eigenvalue weighted by Gasteiger charge is -2.29. The summed E-state index contributed by atoms with van der Waals surface area (Å²) in [5.41, 5.74) is 4.17. The molecular weight excluding hydrogens is 348 g/mol. The lowest BCUT2D eigenvalue weighted by molar-refractivity contribution is -0.135. The van der Waals surface area contributed by atoms with E-state index >= 15 is 0 Å². The summed E-state index contributed by atoms with van der Waals surface area (Å²) in [7, 11) is 0. The molecule has 1 aliphatic carbocycles. The predicted molar refractivity (Wildman–Crippen MR) is 102 cm³/mol. The van der Waals surface area contributed by atoms with Gasteiger partial charge in [-0.3, -0.25) is 9.59 Å². The molecule has 2 aromatic rings. The standard InChI is InChI=1S/C21H21ClN2O2/c1-13-6-7-16(10-19(13)22)23-20(25)17-11-18(17)21(26)24-9-8-14-4-2-3-5-15(14)12-24/h2-7,10,17-18H,8-9,11-12H2,1H3,(H,23,25). The van der Waals surface area contributed by atoms with Crippen LogP contribution in [-0.2, 0) is 22.6 Å². The number of carbonyl (C=O) groups is 2. The van der Waals surface area contributed by atoms with Crippen molar-refractivity contribution in [3.63, 3.8) is 0 Å². The lowest BCUT2D eigenvalue weighted by Crippen LogP contribution is -2.37. The molecule has 1 N–H and O–H groups in total. The molecule has 1 heterocycles. The van der Waals surface area contributed by atoms with Gasteiger partial charge in [-0.1, -0.05) is 41.9 Å². The van der Waals surface area contributed by atoms with E-state index in [2.05, 4.69) is 17.4 Å². The van der Waals surface area contributed by atoms with Crippen LogP contribution in [0.25, 0.3) is 0 Å². The summed E-state index contributed by atoms with van der Waals surface area (Å²) in [5, 5.41) is 3.50. The molecule has 0 radical (unpaired) electrons. The Bertz CT molecular complexity index is 880. The molecule has 4 rings (SSSR count). The van der Waals surface area contributed by atoms with Gasteiger partial charge < -0.3 is 10.2 Å². The van der Waals surface area contributed by atoms with E-state index < -0.39 is 0 Å². The van der Waals surface area contributed by atoms with Crippen LogP contribution in [0.5, 0.6) is 0 Å². The SMILES string of the molecule is Cc1ccc(NC(=O)C2CC2C(=O)N2CCc3ccccc3C2)cc1Cl. The molecular formula is C21H21ClN2O2. The Hall–Kier alpha value is -2.33. The van der Waals surface area contributed by atoms with Gasteiger partial charge in [-0.15, -0.1) is 0 Å². The quantitative estimate of drug-likeness (QED) is 0.895. The topological polar surface area (TPSA) is 49.4 Å². The number of carbonyl (C=O) groups excluding carboxylic acids is 2. The summed E-state index contributed by atoms with van der Waals surface area (Å²) < 4.78 is 0. The van der Waals surface area contributed by atoms with Crippen molar-refractivity contribution in [2.45, 2.75) is 26.3 Å². The zero-order chi connectivity index (χ0) is 18.3. The number of hydrogen-bond donors (Lipinski definition) is 1. The van der Waals surface area contributed by atoms with Crippen molar-refractivity contribution in [3.8, 4) is 0 Å². The van der Waals surface area contributed by atoms with Gasteiger partial charge in [-0.25, -0.2) is 0 Å². The number of amides is 2. The zero-order valence-electron chi connectivity index (χ0n) is 14.7. The van der Waals surface area contributed by atoms with E-state index in [-0.39, 0.29) is 23.7 Å². The Morgan fingerprint density at radius 2 is 1.88 bits per heavy atom. The molecule has 1 fully saturated rings. The fraction of sp³-hybridized carbons (Fsp3) is 0.333. The normalized spacial score (nSPS) is 21.1. The second-order valence-electron chi connectivity index (χ2n) is 7.18. The summed E-state index contributed by atoms with van der Waals surface area (Å²) in [6.45, 7) is 3.29. The van der Waals surface area contributed by atoms with E-state index in [1.54, 1.807) is 6.07 Å². The highest BCUT2D eigenvalue weighted by atomic mass is 35.5. The largest absolute Gasteiger partial charge is 0.338 e. The third-order valence-corrected chi connectivity index (χ3v) is 5.73. The summed E-state index contributed by atoms with van der Waals surface area (Å²) >= 11 is 6.10. The van der Waals surface area contributed by atoms with Crippen molar-refractivity contribution in [1.29, 1.82) is 0 Å². The maximum atomic E-state index is 12.8. The Morgan fingerprint density at radius 1 is 1.12 bits per heavy atom. The van der Waals surface area contributed by atoms with Crippen LogP contribution >= 0.6 is 11.6 Å². The first kappa shape index (κ1) is 17.1. The molecule has 2 amide bonds. The van der Waals surface area contributed by atoms with E-state index in [1.807, 2.05) is 36.1 Å². The maximum Gasteiger partial charge on any atom is 0.228 e. The van der Waals surface area contributed by atoms with Gasteiger partial charge in [0.1, 0.15) is 0 Å². The van der Waals surface area contributed by atoms with Gasteiger partial charge >= 0.3 is 0 Å². The number of nitrogens with zero attached hydrogens (tertiary/aromatic N) is 1. The molecule has 2 atom stereocenters. The van der Waals surface area contributed by atoms with Crippen LogP contribution in [0, 0.1) is 18.8 Å². The van der Waals surface area contributed by atoms with Crippen LogP contribution in [0.4, 0.5) is 5.69 Å². The molecule has 5 heteroatoms. The number of nitrogens with one attached hydrogen (secondary N) is 1. The minimum absolute atomic E-state index is 0.0966. The van der Waals surface area contributed by atoms with Gasteiger partial charge in [-0.05, 0) is 48.6 Å². The van der Waals surface area contributed by atoms with E-state index in [4.69, 9.17) is 11.6 Å². The van der Waals surface area contributed by atoms with Gasteiger partial charge in [0.15, 0.2) is 0 Å². The van der Waals surface area contributed by atoms with Crippen LogP contribution in [0.3, 0.4) is 0 Å². The fourth-order valence-electron chi connectivity index (χ4n) is 3.58. The van der Waals surface area contributed by atoms with Crippen LogP contribution in [0.1, 0.15) is 23.1 Å². The first-order chi connectivity index (χ1) is 12.5. The van der Waals surface area contributed by atoms with Crippen molar-refractivity contribution >= 4 is 29.1 Å². The summed E-state index contributed by atoms with van der Waals surface area (Å²) in [6.07, 6.45) is 1.51. The Labute approximate surface area is 158 Å². The summed E-state index contributed by atoms with van der Waals surface area (Å²) in [6, 6.07) is 13.7. The number of benzene rings is 2. The zero-order valence-corrected chi connectivity index (χ0v) is 15.4. The van der Waals surface area contributed by atoms with Gasteiger partial charge in [-0.2, -0.15) is 0 Å². The Balaban J connectivity index is 1.36. The number of anilines is 1. The molecule has 2 aromatic carbocycles. The average molecular weight is 369 g/mol. The van der Waals surface area contributed by atoms with E-state index in [0.29, 0.717) is 23.7 Å². The molecule has 0 saturated heterocycles. The summed E-state index contributed by atoms with van der Waals surface area (Å²) in [5.74, 6) is -0.428. The van der Waals surface area contributed by atoms with Gasteiger partial charge in [0.05, 0.1) is 11.8 Å². The molecule has 1 aliphatic heterocycles. The van der Waals surface area contributed by atoms with Crippen molar-refractivity contribution in [2.75, 3.05) is 11.9 Å². The molecule has 2 aliphatic rings. The highest BCUT2D eigenvalue weighted by molar-refractivity contribution is 6.31. The predicted octanol–water partition coefficient (Wildman–Crippen LogP) is 3.81. The minimum Gasteiger partial charge on any atom is -0.338 e. The number of halogens is 1. The first-order valence-corrected chi connectivity index (χ1v) is 9.33. The van der Waals surface area contributed by atoms with Crippen LogP contribution in [0.2, 0.25) is 5.02 Å². The number of aryl methyl sites for hydroxylation is 1. The van der Waals surface area contributed by atoms with Crippen molar-refractivity contribution in [3.05, 3.63) is 64.2 Å². The molecule has 134 valence electrons. The molecule has 0 aromatic heterocycles. The monoisotopic (exact) mass is 368 g/mol. The lowest BCUT2D eigenvalue weighted by atomic mass is 9.99. The second kappa shape index (κ2) is 6.76. The van der Waals surface area contributed by atoms with Crippen molar-refractivity contribution in [2.24, 2.45) is 11.8 Å². The Kier molecular flexibility index (Phi) is 4.45. The van der Waals surface area contributed by atoms with E-state index in [1.165, 1.54) is 11.1 Å². The molecule has 4 nitrogen and oxygen atoms in total. The third-order valence-electron chi connectivity index (χ3n) is 5.33. The minimum atomic E-state index is -0.236. The Morgan fingerprint density at radius 3 is 2.65 bits per heavy atom. The van der Waals surface area contributed by atoms with E-state index in [0.717, 1.165) is 18.5 Å². The molecule has 2 unspecified atom stereocenters.